The van der Waals surface area contributed by atoms with Gasteiger partial charge in [-0.15, -0.1) is 0 Å². The van der Waals surface area contributed by atoms with E-state index >= 15 is 0 Å². The van der Waals surface area contributed by atoms with Crippen molar-refractivity contribution in [2.24, 2.45) is 5.73 Å². The highest BCUT2D eigenvalue weighted by atomic mass is 19.1. The van der Waals surface area contributed by atoms with Crippen LogP contribution in [0.5, 0.6) is 0 Å². The van der Waals surface area contributed by atoms with Gasteiger partial charge in [-0.05, 0) is 38.1 Å². The maximum absolute atomic E-state index is 13.3. The number of aromatic amines is 1. The van der Waals surface area contributed by atoms with Crippen molar-refractivity contribution in [3.8, 4) is 11.4 Å². The second kappa shape index (κ2) is 6.01. The Balaban J connectivity index is 1.87. The van der Waals surface area contributed by atoms with Crippen LogP contribution in [0, 0.1) is 5.82 Å². The van der Waals surface area contributed by atoms with Gasteiger partial charge in [-0.3, -0.25) is 9.78 Å². The molecule has 0 aliphatic heterocycles. The van der Waals surface area contributed by atoms with Crippen LogP contribution in [0.25, 0.3) is 22.3 Å². The van der Waals surface area contributed by atoms with Crippen molar-refractivity contribution in [2.45, 2.75) is 19.4 Å². The summed E-state index contributed by atoms with van der Waals surface area (Å²) in [5, 5.41) is 3.45. The van der Waals surface area contributed by atoms with Crippen molar-refractivity contribution in [1.82, 2.24) is 20.3 Å². The second-order valence-corrected chi connectivity index (χ2v) is 6.38. The molecular formula is C17H18FN5O. The number of aromatic nitrogens is 3. The molecule has 0 aliphatic rings. The molecule has 24 heavy (non-hydrogen) atoms. The van der Waals surface area contributed by atoms with Gasteiger partial charge in [-0.2, -0.15) is 0 Å². The molecule has 0 spiro atoms. The Hall–Kier alpha value is -2.80. The summed E-state index contributed by atoms with van der Waals surface area (Å²) in [4.78, 5) is 23.7. The zero-order valence-electron chi connectivity index (χ0n) is 13.4. The first-order valence-corrected chi connectivity index (χ1v) is 7.50. The molecule has 0 unspecified atom stereocenters. The SMILES string of the molecule is CC(C)(N)CNC(=O)c1cncc(-c2cc3cc(F)ccc3[nH]2)n1. The minimum absolute atomic E-state index is 0.196. The molecule has 0 saturated carbocycles. The molecule has 6 nitrogen and oxygen atoms in total. The molecule has 0 saturated heterocycles. The number of nitrogens with zero attached hydrogens (tertiary/aromatic N) is 2. The molecule has 0 bridgehead atoms. The van der Waals surface area contributed by atoms with E-state index in [1.807, 2.05) is 13.8 Å². The van der Waals surface area contributed by atoms with Gasteiger partial charge in [-0.1, -0.05) is 0 Å². The summed E-state index contributed by atoms with van der Waals surface area (Å²) in [6.07, 6.45) is 2.94. The predicted octanol–water partition coefficient (Wildman–Crippen LogP) is 2.23. The van der Waals surface area contributed by atoms with Crippen LogP contribution in [0.1, 0.15) is 24.3 Å². The predicted molar refractivity (Wildman–Crippen MR) is 89.9 cm³/mol. The Kier molecular flexibility index (Phi) is 4.02. The number of hydrogen-bond donors (Lipinski definition) is 3. The first kappa shape index (κ1) is 16.1. The first-order chi connectivity index (χ1) is 11.3. The third kappa shape index (κ3) is 3.57. The number of H-pyrrole nitrogens is 1. The number of benzene rings is 1. The highest BCUT2D eigenvalue weighted by Crippen LogP contribution is 2.23. The van der Waals surface area contributed by atoms with Crippen molar-refractivity contribution in [3.63, 3.8) is 0 Å². The van der Waals surface area contributed by atoms with Gasteiger partial charge in [0.1, 0.15) is 17.2 Å². The van der Waals surface area contributed by atoms with E-state index < -0.39 is 5.54 Å². The van der Waals surface area contributed by atoms with Gasteiger partial charge in [0.15, 0.2) is 0 Å². The normalized spacial score (nSPS) is 11.7. The number of carbonyl (C=O) groups is 1. The summed E-state index contributed by atoms with van der Waals surface area (Å²) in [6.45, 7) is 3.96. The lowest BCUT2D eigenvalue weighted by molar-refractivity contribution is 0.0940. The molecule has 1 aromatic carbocycles. The summed E-state index contributed by atoms with van der Waals surface area (Å²) in [5.41, 5.74) is 7.49. The molecule has 124 valence electrons. The Bertz CT molecular complexity index is 897. The highest BCUT2D eigenvalue weighted by Gasteiger charge is 2.15. The minimum Gasteiger partial charge on any atom is -0.353 e. The number of hydrogen-bond acceptors (Lipinski definition) is 4. The Morgan fingerprint density at radius 2 is 2.12 bits per heavy atom. The quantitative estimate of drug-likeness (QED) is 0.684. The Morgan fingerprint density at radius 1 is 1.33 bits per heavy atom. The number of fused-ring (bicyclic) bond motifs is 1. The molecule has 0 atom stereocenters. The molecule has 3 aromatic rings. The Labute approximate surface area is 138 Å². The Morgan fingerprint density at radius 3 is 2.88 bits per heavy atom. The van der Waals surface area contributed by atoms with Gasteiger partial charge < -0.3 is 16.0 Å². The molecule has 0 fully saturated rings. The van der Waals surface area contributed by atoms with E-state index in [-0.39, 0.29) is 17.4 Å². The number of rotatable bonds is 4. The zero-order chi connectivity index (χ0) is 17.3. The first-order valence-electron chi connectivity index (χ1n) is 7.50. The van der Waals surface area contributed by atoms with E-state index in [1.165, 1.54) is 18.3 Å². The number of nitrogens with one attached hydrogen (secondary N) is 2. The maximum atomic E-state index is 13.3. The minimum atomic E-state index is -0.512. The number of amides is 1. The molecule has 0 aliphatic carbocycles. The van der Waals surface area contributed by atoms with Gasteiger partial charge in [0, 0.05) is 23.0 Å². The third-order valence-corrected chi connectivity index (χ3v) is 3.43. The summed E-state index contributed by atoms with van der Waals surface area (Å²) >= 11 is 0. The van der Waals surface area contributed by atoms with Gasteiger partial charge in [-0.25, -0.2) is 9.37 Å². The summed E-state index contributed by atoms with van der Waals surface area (Å²) in [7, 11) is 0. The van der Waals surface area contributed by atoms with Crippen molar-refractivity contribution >= 4 is 16.8 Å². The van der Waals surface area contributed by atoms with Crippen LogP contribution in [-0.4, -0.2) is 32.9 Å². The number of halogens is 1. The highest BCUT2D eigenvalue weighted by molar-refractivity contribution is 5.92. The molecular weight excluding hydrogens is 309 g/mol. The third-order valence-electron chi connectivity index (χ3n) is 3.43. The zero-order valence-corrected chi connectivity index (χ0v) is 13.4. The van der Waals surface area contributed by atoms with E-state index in [0.717, 1.165) is 10.9 Å². The van der Waals surface area contributed by atoms with Gasteiger partial charge in [0.2, 0.25) is 0 Å². The maximum Gasteiger partial charge on any atom is 0.271 e. The van der Waals surface area contributed by atoms with E-state index in [0.29, 0.717) is 17.9 Å². The molecule has 0 radical (unpaired) electrons. The lowest BCUT2D eigenvalue weighted by atomic mass is 10.1. The van der Waals surface area contributed by atoms with Crippen LogP contribution < -0.4 is 11.1 Å². The summed E-state index contributed by atoms with van der Waals surface area (Å²) < 4.78 is 13.3. The van der Waals surface area contributed by atoms with E-state index in [1.54, 1.807) is 18.3 Å². The van der Waals surface area contributed by atoms with Crippen LogP contribution in [0.2, 0.25) is 0 Å². The number of carbonyl (C=O) groups excluding carboxylic acids is 1. The average molecular weight is 327 g/mol. The summed E-state index contributed by atoms with van der Waals surface area (Å²) in [5.74, 6) is -0.651. The monoisotopic (exact) mass is 327 g/mol. The molecule has 2 heterocycles. The fourth-order valence-electron chi connectivity index (χ4n) is 2.25. The van der Waals surface area contributed by atoms with E-state index in [2.05, 4.69) is 20.3 Å². The fraction of sp³-hybridized carbons (Fsp3) is 0.235. The van der Waals surface area contributed by atoms with Crippen LogP contribution >= 0.6 is 0 Å². The second-order valence-electron chi connectivity index (χ2n) is 6.38. The van der Waals surface area contributed by atoms with Crippen LogP contribution in [0.3, 0.4) is 0 Å². The van der Waals surface area contributed by atoms with Gasteiger partial charge in [0.25, 0.3) is 5.91 Å². The van der Waals surface area contributed by atoms with E-state index in [9.17, 15) is 9.18 Å². The topological polar surface area (TPSA) is 96.7 Å². The fourth-order valence-corrected chi connectivity index (χ4v) is 2.25. The van der Waals surface area contributed by atoms with Crippen molar-refractivity contribution < 1.29 is 9.18 Å². The smallest absolute Gasteiger partial charge is 0.271 e. The molecule has 4 N–H and O–H groups in total. The molecule has 1 amide bonds. The average Bonchev–Trinajstić information content (AvgIpc) is 2.95. The standard InChI is InChI=1S/C17H18FN5O/c1-17(2,19)9-21-16(24)15-8-20-7-14(23-15)13-6-10-5-11(18)3-4-12(10)22-13/h3-8,22H,9,19H2,1-2H3,(H,21,24). The van der Waals surface area contributed by atoms with Crippen molar-refractivity contribution in [1.29, 1.82) is 0 Å². The number of nitrogens with two attached hydrogens (primary N) is 1. The molecule has 2 aromatic heterocycles. The lowest BCUT2D eigenvalue weighted by Gasteiger charge is -2.18. The lowest BCUT2D eigenvalue weighted by Crippen LogP contribution is -2.45. The summed E-state index contributed by atoms with van der Waals surface area (Å²) in [6, 6.07) is 6.24. The van der Waals surface area contributed by atoms with Crippen LogP contribution in [-0.2, 0) is 0 Å². The van der Waals surface area contributed by atoms with Crippen LogP contribution in [0.15, 0.2) is 36.7 Å². The van der Waals surface area contributed by atoms with Gasteiger partial charge in [0.05, 0.1) is 18.1 Å². The largest absolute Gasteiger partial charge is 0.353 e. The molecule has 7 heteroatoms. The van der Waals surface area contributed by atoms with Crippen molar-refractivity contribution in [2.75, 3.05) is 6.54 Å². The van der Waals surface area contributed by atoms with Crippen molar-refractivity contribution in [3.05, 3.63) is 48.2 Å². The van der Waals surface area contributed by atoms with E-state index in [4.69, 9.17) is 5.73 Å². The van der Waals surface area contributed by atoms with Crippen LogP contribution in [0.4, 0.5) is 4.39 Å². The van der Waals surface area contributed by atoms with Gasteiger partial charge >= 0.3 is 0 Å². The molecule has 3 rings (SSSR count).